The third-order valence-electron chi connectivity index (χ3n) is 4.82. The van der Waals surface area contributed by atoms with Crippen LogP contribution in [0.15, 0.2) is 0 Å². The molecule has 0 aromatic rings. The highest BCUT2D eigenvalue weighted by molar-refractivity contribution is 5.82. The van der Waals surface area contributed by atoms with Gasteiger partial charge in [-0.2, -0.15) is 0 Å². The predicted octanol–water partition coefficient (Wildman–Crippen LogP) is 2.17. The van der Waals surface area contributed by atoms with Gasteiger partial charge in [0.2, 0.25) is 5.91 Å². The van der Waals surface area contributed by atoms with Crippen molar-refractivity contribution in [2.45, 2.75) is 57.9 Å². The van der Waals surface area contributed by atoms with Crippen LogP contribution in [0.5, 0.6) is 0 Å². The molecule has 2 aliphatic rings. The normalized spacial score (nSPS) is 28.7. The zero-order valence-electron chi connectivity index (χ0n) is 11.3. The van der Waals surface area contributed by atoms with Crippen molar-refractivity contribution in [1.82, 2.24) is 10.2 Å². The molecule has 2 fully saturated rings. The van der Waals surface area contributed by atoms with Crippen molar-refractivity contribution in [2.75, 3.05) is 20.1 Å². The van der Waals surface area contributed by atoms with Crippen LogP contribution in [0.3, 0.4) is 0 Å². The number of piperidine rings is 1. The Hall–Kier alpha value is -0.570. The fourth-order valence-corrected chi connectivity index (χ4v) is 3.52. The molecule has 0 spiro atoms. The highest BCUT2D eigenvalue weighted by atomic mass is 16.2. The molecule has 1 atom stereocenters. The molecule has 3 heteroatoms. The van der Waals surface area contributed by atoms with Gasteiger partial charge in [0.25, 0.3) is 0 Å². The minimum absolute atomic E-state index is 0.0686. The van der Waals surface area contributed by atoms with E-state index in [4.69, 9.17) is 0 Å². The Morgan fingerprint density at radius 1 is 1.35 bits per heavy atom. The smallest absolute Gasteiger partial charge is 0.239 e. The number of hydrogen-bond acceptors (Lipinski definition) is 2. The van der Waals surface area contributed by atoms with Gasteiger partial charge in [0.1, 0.15) is 0 Å². The summed E-state index contributed by atoms with van der Waals surface area (Å²) in [5.74, 6) is 0.332. The maximum Gasteiger partial charge on any atom is 0.239 e. The third-order valence-corrected chi connectivity index (χ3v) is 4.82. The lowest BCUT2D eigenvalue weighted by Crippen LogP contribution is -2.52. The first-order valence-electron chi connectivity index (χ1n) is 7.17. The summed E-state index contributed by atoms with van der Waals surface area (Å²) in [5.41, 5.74) is 0.436. The SMILES string of the molecule is CCC1(CN2CCCC(NC)C2=O)CCCC1. The Labute approximate surface area is 105 Å². The first kappa shape index (κ1) is 12.9. The summed E-state index contributed by atoms with van der Waals surface area (Å²) in [6.07, 6.45) is 8.72. The Balaban J connectivity index is 1.99. The Morgan fingerprint density at radius 2 is 2.06 bits per heavy atom. The van der Waals surface area contributed by atoms with Gasteiger partial charge >= 0.3 is 0 Å². The van der Waals surface area contributed by atoms with Crippen molar-refractivity contribution in [1.29, 1.82) is 0 Å². The van der Waals surface area contributed by atoms with Crippen LogP contribution < -0.4 is 5.32 Å². The van der Waals surface area contributed by atoms with Crippen molar-refractivity contribution in [3.8, 4) is 0 Å². The maximum atomic E-state index is 12.3. The summed E-state index contributed by atoms with van der Waals surface area (Å²) in [5, 5.41) is 3.15. The molecular weight excluding hydrogens is 212 g/mol. The second-order valence-corrected chi connectivity index (χ2v) is 5.80. The molecule has 1 unspecified atom stereocenters. The second kappa shape index (κ2) is 5.38. The first-order valence-corrected chi connectivity index (χ1v) is 7.17. The number of hydrogen-bond donors (Lipinski definition) is 1. The molecule has 17 heavy (non-hydrogen) atoms. The summed E-state index contributed by atoms with van der Waals surface area (Å²) in [6.45, 7) is 4.26. The summed E-state index contributed by atoms with van der Waals surface area (Å²) < 4.78 is 0. The fourth-order valence-electron chi connectivity index (χ4n) is 3.52. The number of nitrogens with one attached hydrogen (secondary N) is 1. The molecular formula is C14H26N2O. The second-order valence-electron chi connectivity index (χ2n) is 5.80. The van der Waals surface area contributed by atoms with Gasteiger partial charge in [0.15, 0.2) is 0 Å². The van der Waals surface area contributed by atoms with Gasteiger partial charge in [-0.15, -0.1) is 0 Å². The molecule has 1 heterocycles. The van der Waals surface area contributed by atoms with Crippen LogP contribution in [0, 0.1) is 5.41 Å². The summed E-state index contributed by atoms with van der Waals surface area (Å²) in [6, 6.07) is 0.0686. The number of likely N-dealkylation sites (N-methyl/N-ethyl adjacent to an activating group) is 1. The molecule has 0 aromatic heterocycles. The van der Waals surface area contributed by atoms with E-state index in [1.165, 1.54) is 32.1 Å². The molecule has 1 amide bonds. The lowest BCUT2D eigenvalue weighted by molar-refractivity contribution is -0.137. The van der Waals surface area contributed by atoms with Gasteiger partial charge < -0.3 is 10.2 Å². The van der Waals surface area contributed by atoms with E-state index in [1.807, 2.05) is 7.05 Å². The number of likely N-dealkylation sites (tertiary alicyclic amines) is 1. The average Bonchev–Trinajstić information content (AvgIpc) is 2.81. The highest BCUT2D eigenvalue weighted by Crippen LogP contribution is 2.41. The van der Waals surface area contributed by atoms with Crippen LogP contribution >= 0.6 is 0 Å². The van der Waals surface area contributed by atoms with Crippen molar-refractivity contribution < 1.29 is 4.79 Å². The van der Waals surface area contributed by atoms with E-state index in [9.17, 15) is 4.79 Å². The van der Waals surface area contributed by atoms with Crippen molar-refractivity contribution >= 4 is 5.91 Å². The molecule has 1 saturated carbocycles. The quantitative estimate of drug-likeness (QED) is 0.814. The van der Waals surface area contributed by atoms with E-state index in [0.717, 1.165) is 25.9 Å². The van der Waals surface area contributed by atoms with Gasteiger partial charge in [0.05, 0.1) is 6.04 Å². The van der Waals surface area contributed by atoms with Crippen LogP contribution in [-0.4, -0.2) is 37.0 Å². The number of nitrogens with zero attached hydrogens (tertiary/aromatic N) is 1. The molecule has 1 aliphatic heterocycles. The minimum Gasteiger partial charge on any atom is -0.341 e. The summed E-state index contributed by atoms with van der Waals surface area (Å²) in [7, 11) is 1.90. The van der Waals surface area contributed by atoms with Crippen molar-refractivity contribution in [3.05, 3.63) is 0 Å². The lowest BCUT2D eigenvalue weighted by Gasteiger charge is -2.39. The molecule has 1 N–H and O–H groups in total. The first-order chi connectivity index (χ1) is 8.21. The van der Waals surface area contributed by atoms with Crippen molar-refractivity contribution in [2.24, 2.45) is 5.41 Å². The van der Waals surface area contributed by atoms with Gasteiger partial charge in [-0.3, -0.25) is 4.79 Å². The molecule has 0 bridgehead atoms. The Morgan fingerprint density at radius 3 is 2.65 bits per heavy atom. The van der Waals surface area contributed by atoms with E-state index in [0.29, 0.717) is 11.3 Å². The number of rotatable bonds is 4. The molecule has 2 rings (SSSR count). The highest BCUT2D eigenvalue weighted by Gasteiger charge is 2.37. The largest absolute Gasteiger partial charge is 0.341 e. The maximum absolute atomic E-state index is 12.3. The Kier molecular flexibility index (Phi) is 4.08. The van der Waals surface area contributed by atoms with Crippen LogP contribution in [0.2, 0.25) is 0 Å². The summed E-state index contributed by atoms with van der Waals surface area (Å²) in [4.78, 5) is 14.4. The standard InChI is InChI=1S/C14H26N2O/c1-3-14(8-4-5-9-14)11-16-10-6-7-12(15-2)13(16)17/h12,15H,3-11H2,1-2H3. The monoisotopic (exact) mass is 238 g/mol. The molecule has 98 valence electrons. The van der Waals surface area contributed by atoms with Gasteiger partial charge in [-0.25, -0.2) is 0 Å². The zero-order valence-corrected chi connectivity index (χ0v) is 11.3. The fraction of sp³-hybridized carbons (Fsp3) is 0.929. The minimum atomic E-state index is 0.0686. The van der Waals surface area contributed by atoms with E-state index in [2.05, 4.69) is 17.1 Å². The molecule has 0 aromatic carbocycles. The average molecular weight is 238 g/mol. The van der Waals surface area contributed by atoms with Crippen molar-refractivity contribution in [3.63, 3.8) is 0 Å². The number of carbonyl (C=O) groups excluding carboxylic acids is 1. The van der Waals surface area contributed by atoms with Gasteiger partial charge in [0, 0.05) is 13.1 Å². The number of carbonyl (C=O) groups is 1. The van der Waals surface area contributed by atoms with Crippen LogP contribution in [0.4, 0.5) is 0 Å². The van der Waals surface area contributed by atoms with Crippen LogP contribution in [0.1, 0.15) is 51.9 Å². The van der Waals surface area contributed by atoms with E-state index in [-0.39, 0.29) is 6.04 Å². The van der Waals surface area contributed by atoms with E-state index < -0.39 is 0 Å². The van der Waals surface area contributed by atoms with E-state index >= 15 is 0 Å². The number of amides is 1. The molecule has 1 aliphatic carbocycles. The molecule has 1 saturated heterocycles. The third kappa shape index (κ3) is 2.65. The Bertz CT molecular complexity index is 271. The molecule has 3 nitrogen and oxygen atoms in total. The molecule has 0 radical (unpaired) electrons. The lowest BCUT2D eigenvalue weighted by atomic mass is 9.82. The van der Waals surface area contributed by atoms with E-state index in [1.54, 1.807) is 0 Å². The topological polar surface area (TPSA) is 32.3 Å². The summed E-state index contributed by atoms with van der Waals surface area (Å²) >= 11 is 0. The zero-order chi connectivity index (χ0) is 12.3. The van der Waals surface area contributed by atoms with Crippen LogP contribution in [-0.2, 0) is 4.79 Å². The van der Waals surface area contributed by atoms with Gasteiger partial charge in [-0.1, -0.05) is 19.8 Å². The predicted molar refractivity (Wildman–Crippen MR) is 69.9 cm³/mol. The van der Waals surface area contributed by atoms with Gasteiger partial charge in [-0.05, 0) is 44.6 Å². The van der Waals surface area contributed by atoms with Crippen LogP contribution in [0.25, 0.3) is 0 Å².